The molecule has 5 rings (SSSR count). The van der Waals surface area contributed by atoms with E-state index in [2.05, 4.69) is 36.2 Å². The van der Waals surface area contributed by atoms with Crippen molar-refractivity contribution in [3.63, 3.8) is 0 Å². The zero-order chi connectivity index (χ0) is 24.9. The minimum atomic E-state index is -0.331. The van der Waals surface area contributed by atoms with E-state index in [-0.39, 0.29) is 12.3 Å². The number of hydrogen-bond acceptors (Lipinski definition) is 5. The molecule has 0 amide bonds. The number of unbranched alkanes of at least 4 members (excludes halogenated alkanes) is 3. The van der Waals surface area contributed by atoms with Gasteiger partial charge < -0.3 is 14.2 Å². The van der Waals surface area contributed by atoms with Gasteiger partial charge in [-0.25, -0.2) is 5.01 Å². The van der Waals surface area contributed by atoms with Crippen LogP contribution in [0.4, 0.5) is 0 Å². The minimum absolute atomic E-state index is 0.0495. The predicted octanol–water partition coefficient (Wildman–Crippen LogP) is 7.94. The molecule has 0 aromatic heterocycles. The maximum atomic E-state index is 6.49. The van der Waals surface area contributed by atoms with E-state index in [4.69, 9.17) is 30.9 Å². The summed E-state index contributed by atoms with van der Waals surface area (Å²) in [5.74, 6) is 2.60. The molecule has 0 bridgehead atoms. The molecule has 36 heavy (non-hydrogen) atoms. The van der Waals surface area contributed by atoms with Crippen LogP contribution >= 0.6 is 11.6 Å². The Hall–Kier alpha value is -3.18. The molecule has 0 radical (unpaired) electrons. The van der Waals surface area contributed by atoms with Gasteiger partial charge in [-0.1, -0.05) is 37.8 Å². The summed E-state index contributed by atoms with van der Waals surface area (Å²) in [7, 11) is 0. The molecule has 3 aromatic rings. The van der Waals surface area contributed by atoms with Crippen LogP contribution in [0.3, 0.4) is 0 Å². The van der Waals surface area contributed by atoms with Gasteiger partial charge in [-0.05, 0) is 85.6 Å². The molecule has 0 saturated carbocycles. The Morgan fingerprint density at radius 1 is 0.917 bits per heavy atom. The van der Waals surface area contributed by atoms with E-state index in [9.17, 15) is 0 Å². The average Bonchev–Trinajstić information content (AvgIpc) is 3.35. The summed E-state index contributed by atoms with van der Waals surface area (Å²) in [4.78, 5) is 0. The fourth-order valence-corrected chi connectivity index (χ4v) is 4.99. The van der Waals surface area contributed by atoms with Crippen molar-refractivity contribution in [3.05, 3.63) is 88.4 Å². The Balaban J connectivity index is 1.38. The van der Waals surface area contributed by atoms with E-state index in [0.717, 1.165) is 59.1 Å². The first kappa shape index (κ1) is 24.5. The third-order valence-electron chi connectivity index (χ3n) is 6.68. The zero-order valence-electron chi connectivity index (χ0n) is 21.0. The molecule has 0 N–H and O–H groups in total. The lowest BCUT2D eigenvalue weighted by Crippen LogP contribution is -2.33. The van der Waals surface area contributed by atoms with Crippen molar-refractivity contribution in [2.24, 2.45) is 5.10 Å². The summed E-state index contributed by atoms with van der Waals surface area (Å²) in [6.45, 7) is 5.60. The Labute approximate surface area is 218 Å². The van der Waals surface area contributed by atoms with Gasteiger partial charge in [0.05, 0.1) is 25.0 Å². The van der Waals surface area contributed by atoms with Gasteiger partial charge >= 0.3 is 0 Å². The summed E-state index contributed by atoms with van der Waals surface area (Å²) in [6, 6.07) is 22.2. The van der Waals surface area contributed by atoms with Gasteiger partial charge in [0.2, 0.25) is 6.23 Å². The van der Waals surface area contributed by atoms with Gasteiger partial charge in [0.15, 0.2) is 0 Å². The summed E-state index contributed by atoms with van der Waals surface area (Å²) in [5, 5.41) is 7.83. The molecule has 0 aliphatic carbocycles. The van der Waals surface area contributed by atoms with Gasteiger partial charge in [-0.15, -0.1) is 0 Å². The Kier molecular flexibility index (Phi) is 7.66. The molecule has 6 heteroatoms. The van der Waals surface area contributed by atoms with Crippen molar-refractivity contribution in [3.8, 4) is 17.2 Å². The number of fused-ring (bicyclic) bond motifs is 3. The van der Waals surface area contributed by atoms with E-state index >= 15 is 0 Å². The molecule has 2 aliphatic rings. The second kappa shape index (κ2) is 11.3. The normalized spacial score (nSPS) is 18.2. The summed E-state index contributed by atoms with van der Waals surface area (Å²) in [5.41, 5.74) is 4.21. The maximum Gasteiger partial charge on any atom is 0.213 e. The van der Waals surface area contributed by atoms with Crippen molar-refractivity contribution >= 4 is 17.3 Å². The predicted molar refractivity (Wildman–Crippen MR) is 144 cm³/mol. The molecule has 188 valence electrons. The lowest BCUT2D eigenvalue weighted by atomic mass is 9.96. The Bertz CT molecular complexity index is 1190. The van der Waals surface area contributed by atoms with Crippen molar-refractivity contribution < 1.29 is 14.2 Å². The van der Waals surface area contributed by atoms with Crippen LogP contribution in [-0.4, -0.2) is 23.9 Å². The SMILES string of the molecule is CCCCCCOc1ccc(C2Oc3ccc(Cl)cc3C3CC(c4ccc(OCC)cc4)=NN32)cc1. The van der Waals surface area contributed by atoms with Crippen molar-refractivity contribution in [1.82, 2.24) is 5.01 Å². The van der Waals surface area contributed by atoms with E-state index in [1.54, 1.807) is 0 Å². The van der Waals surface area contributed by atoms with Gasteiger partial charge in [0.1, 0.15) is 17.2 Å². The minimum Gasteiger partial charge on any atom is -0.494 e. The average molecular weight is 505 g/mol. The molecular formula is C30H33ClN2O3. The van der Waals surface area contributed by atoms with Crippen LogP contribution in [-0.2, 0) is 0 Å². The van der Waals surface area contributed by atoms with Gasteiger partial charge in [0, 0.05) is 22.6 Å². The quantitative estimate of drug-likeness (QED) is 0.263. The van der Waals surface area contributed by atoms with Crippen molar-refractivity contribution in [2.75, 3.05) is 13.2 Å². The fourth-order valence-electron chi connectivity index (χ4n) is 4.81. The molecule has 0 fully saturated rings. The smallest absolute Gasteiger partial charge is 0.213 e. The zero-order valence-corrected chi connectivity index (χ0v) is 21.7. The monoisotopic (exact) mass is 504 g/mol. The van der Waals surface area contributed by atoms with Crippen molar-refractivity contribution in [2.45, 2.75) is 58.2 Å². The Morgan fingerprint density at radius 2 is 1.67 bits per heavy atom. The number of hydrogen-bond donors (Lipinski definition) is 0. The summed E-state index contributed by atoms with van der Waals surface area (Å²) in [6.07, 6.45) is 5.22. The number of benzene rings is 3. The fraction of sp³-hybridized carbons (Fsp3) is 0.367. The van der Waals surface area contributed by atoms with E-state index in [1.165, 1.54) is 19.3 Å². The number of ether oxygens (including phenoxy) is 3. The highest BCUT2D eigenvalue weighted by Crippen LogP contribution is 2.48. The third-order valence-corrected chi connectivity index (χ3v) is 6.92. The molecule has 2 atom stereocenters. The van der Waals surface area contributed by atoms with Crippen LogP contribution in [0.15, 0.2) is 71.8 Å². The maximum absolute atomic E-state index is 6.49. The van der Waals surface area contributed by atoms with Gasteiger partial charge in [-0.2, -0.15) is 5.10 Å². The van der Waals surface area contributed by atoms with E-state index in [1.807, 2.05) is 49.4 Å². The lowest BCUT2D eigenvalue weighted by Gasteiger charge is -2.38. The second-order valence-electron chi connectivity index (χ2n) is 9.23. The molecule has 5 nitrogen and oxygen atoms in total. The molecule has 3 aromatic carbocycles. The first-order chi connectivity index (χ1) is 17.7. The third kappa shape index (κ3) is 5.31. The number of hydrazone groups is 1. The molecule has 0 saturated heterocycles. The van der Waals surface area contributed by atoms with Crippen LogP contribution in [0.25, 0.3) is 0 Å². The van der Waals surface area contributed by atoms with Crippen LogP contribution in [0.5, 0.6) is 17.2 Å². The van der Waals surface area contributed by atoms with Crippen LogP contribution in [0.2, 0.25) is 5.02 Å². The van der Waals surface area contributed by atoms with Crippen LogP contribution in [0, 0.1) is 0 Å². The number of nitrogens with zero attached hydrogens (tertiary/aromatic N) is 2. The largest absolute Gasteiger partial charge is 0.494 e. The standard InChI is InChI=1S/C30H33ClN2O3/c1-3-5-6-7-18-35-25-15-10-22(11-16-25)30-33-28(26-19-23(31)12-17-29(26)36-30)20-27(32-33)21-8-13-24(14-9-21)34-4-2/h8-17,19,28,30H,3-7,18,20H2,1-2H3. The van der Waals surface area contributed by atoms with E-state index in [0.29, 0.717) is 11.6 Å². The topological polar surface area (TPSA) is 43.3 Å². The van der Waals surface area contributed by atoms with Gasteiger partial charge in [0.25, 0.3) is 0 Å². The molecule has 0 spiro atoms. The van der Waals surface area contributed by atoms with Crippen molar-refractivity contribution in [1.29, 1.82) is 0 Å². The lowest BCUT2D eigenvalue weighted by molar-refractivity contribution is -0.0190. The van der Waals surface area contributed by atoms with Gasteiger partial charge in [-0.3, -0.25) is 0 Å². The molecule has 2 unspecified atom stereocenters. The number of halogens is 1. The second-order valence-corrected chi connectivity index (χ2v) is 9.67. The summed E-state index contributed by atoms with van der Waals surface area (Å²) >= 11 is 6.37. The first-order valence-corrected chi connectivity index (χ1v) is 13.3. The molecule has 2 aliphatic heterocycles. The highest BCUT2D eigenvalue weighted by Gasteiger charge is 2.41. The summed E-state index contributed by atoms with van der Waals surface area (Å²) < 4.78 is 18.0. The Morgan fingerprint density at radius 3 is 2.42 bits per heavy atom. The van der Waals surface area contributed by atoms with E-state index < -0.39 is 0 Å². The molecule has 2 heterocycles. The molecular weight excluding hydrogens is 472 g/mol. The highest BCUT2D eigenvalue weighted by molar-refractivity contribution is 6.30. The van der Waals surface area contributed by atoms with Crippen LogP contribution in [0.1, 0.15) is 74.9 Å². The highest BCUT2D eigenvalue weighted by atomic mass is 35.5. The van der Waals surface area contributed by atoms with Crippen LogP contribution < -0.4 is 14.2 Å². The number of rotatable bonds is 10. The first-order valence-electron chi connectivity index (χ1n) is 12.9.